The minimum atomic E-state index is -0.161. The second-order valence-corrected chi connectivity index (χ2v) is 7.76. The normalized spacial score (nSPS) is 25.9. The Balaban J connectivity index is 1.48. The summed E-state index contributed by atoms with van der Waals surface area (Å²) in [5.41, 5.74) is 0. The van der Waals surface area contributed by atoms with E-state index in [1.165, 1.54) is 5.00 Å². The third kappa shape index (κ3) is 4.63. The zero-order chi connectivity index (χ0) is 16.8. The van der Waals surface area contributed by atoms with Crippen molar-refractivity contribution in [2.45, 2.75) is 51.2 Å². The van der Waals surface area contributed by atoms with E-state index in [4.69, 9.17) is 4.99 Å². The van der Waals surface area contributed by atoms with Crippen LogP contribution in [-0.2, 0) is 0 Å². The first-order valence-corrected chi connectivity index (χ1v) is 10.2. The Labute approximate surface area is 149 Å². The van der Waals surface area contributed by atoms with Crippen LogP contribution in [0.25, 0.3) is 0 Å². The van der Waals surface area contributed by atoms with Crippen LogP contribution in [0.3, 0.4) is 0 Å². The lowest BCUT2D eigenvalue weighted by atomic mass is 10.1. The molecule has 0 amide bonds. The van der Waals surface area contributed by atoms with Gasteiger partial charge in [0.1, 0.15) is 0 Å². The maximum atomic E-state index is 9.96. The maximum Gasteiger partial charge on any atom is 0.191 e. The summed E-state index contributed by atoms with van der Waals surface area (Å²) in [6.07, 6.45) is 5.27. The summed E-state index contributed by atoms with van der Waals surface area (Å²) in [4.78, 5) is 7.21. The predicted octanol–water partition coefficient (Wildman–Crippen LogP) is 2.43. The number of thiophene rings is 1. The Morgan fingerprint density at radius 3 is 2.79 bits per heavy atom. The molecule has 3 rings (SSSR count). The van der Waals surface area contributed by atoms with Crippen LogP contribution in [0.15, 0.2) is 22.5 Å². The molecular formula is C18H30N4OS. The summed E-state index contributed by atoms with van der Waals surface area (Å²) in [7, 11) is 0. The first-order valence-electron chi connectivity index (χ1n) is 9.27. The fourth-order valence-electron chi connectivity index (χ4n) is 3.65. The third-order valence-corrected chi connectivity index (χ3v) is 6.03. The maximum absolute atomic E-state index is 9.96. The van der Waals surface area contributed by atoms with Gasteiger partial charge in [0.25, 0.3) is 0 Å². The molecule has 2 aliphatic rings. The Morgan fingerprint density at radius 1 is 1.33 bits per heavy atom. The van der Waals surface area contributed by atoms with Crippen molar-refractivity contribution in [2.24, 2.45) is 10.9 Å². The van der Waals surface area contributed by atoms with E-state index >= 15 is 0 Å². The lowest BCUT2D eigenvalue weighted by Gasteiger charge is -2.33. The van der Waals surface area contributed by atoms with E-state index in [-0.39, 0.29) is 6.10 Å². The number of piperidine rings is 1. The van der Waals surface area contributed by atoms with Gasteiger partial charge in [-0.05, 0) is 50.1 Å². The lowest BCUT2D eigenvalue weighted by molar-refractivity contribution is 0.136. The van der Waals surface area contributed by atoms with E-state index in [0.29, 0.717) is 12.0 Å². The first-order chi connectivity index (χ1) is 11.8. The van der Waals surface area contributed by atoms with Crippen LogP contribution in [0.2, 0.25) is 0 Å². The molecule has 3 N–H and O–H groups in total. The topological polar surface area (TPSA) is 59.9 Å². The van der Waals surface area contributed by atoms with Gasteiger partial charge >= 0.3 is 0 Å². The molecule has 1 aromatic rings. The average molecular weight is 351 g/mol. The van der Waals surface area contributed by atoms with Crippen LogP contribution in [0.5, 0.6) is 0 Å². The van der Waals surface area contributed by atoms with Gasteiger partial charge in [-0.25, -0.2) is 0 Å². The van der Waals surface area contributed by atoms with Crippen LogP contribution in [0, 0.1) is 5.92 Å². The summed E-state index contributed by atoms with van der Waals surface area (Å²) in [6, 6.07) is 4.81. The summed E-state index contributed by atoms with van der Waals surface area (Å²) in [6.45, 7) is 5.89. The summed E-state index contributed by atoms with van der Waals surface area (Å²) in [5, 5.41) is 20.4. The molecule has 0 aromatic carbocycles. The van der Waals surface area contributed by atoms with Crippen molar-refractivity contribution in [1.29, 1.82) is 0 Å². The molecule has 1 saturated carbocycles. The van der Waals surface area contributed by atoms with Gasteiger partial charge in [0, 0.05) is 38.1 Å². The van der Waals surface area contributed by atoms with Gasteiger partial charge in [0.05, 0.1) is 11.1 Å². The van der Waals surface area contributed by atoms with E-state index < -0.39 is 0 Å². The van der Waals surface area contributed by atoms with Gasteiger partial charge in [-0.2, -0.15) is 0 Å². The monoisotopic (exact) mass is 350 g/mol. The van der Waals surface area contributed by atoms with Crippen LogP contribution >= 0.6 is 11.3 Å². The van der Waals surface area contributed by atoms with Crippen molar-refractivity contribution in [1.82, 2.24) is 10.6 Å². The van der Waals surface area contributed by atoms with Crippen LogP contribution in [0.1, 0.15) is 39.0 Å². The number of aliphatic imine (C=N–C) groups is 1. The SMILES string of the molecule is CCNC(=NCC1CCCC1O)NC1CCN(c2cccs2)CC1. The van der Waals surface area contributed by atoms with Crippen LogP contribution in [-0.4, -0.2) is 49.4 Å². The van der Waals surface area contributed by atoms with Gasteiger partial charge in [0.15, 0.2) is 5.96 Å². The minimum Gasteiger partial charge on any atom is -0.393 e. The number of nitrogens with one attached hydrogen (secondary N) is 2. The van der Waals surface area contributed by atoms with Gasteiger partial charge in [-0.3, -0.25) is 4.99 Å². The number of aliphatic hydroxyl groups excluding tert-OH is 1. The third-order valence-electron chi connectivity index (χ3n) is 5.10. The van der Waals surface area contributed by atoms with Gasteiger partial charge < -0.3 is 20.6 Å². The fourth-order valence-corrected chi connectivity index (χ4v) is 4.43. The van der Waals surface area contributed by atoms with Crippen molar-refractivity contribution < 1.29 is 5.11 Å². The number of hydrogen-bond acceptors (Lipinski definition) is 4. The largest absolute Gasteiger partial charge is 0.393 e. The summed E-state index contributed by atoms with van der Waals surface area (Å²) < 4.78 is 0. The minimum absolute atomic E-state index is 0.161. The van der Waals surface area contributed by atoms with Gasteiger partial charge in [-0.1, -0.05) is 6.42 Å². The predicted molar refractivity (Wildman–Crippen MR) is 102 cm³/mol. The Kier molecular flexibility index (Phi) is 6.37. The number of anilines is 1. The number of rotatable bonds is 5. The quantitative estimate of drug-likeness (QED) is 0.564. The van der Waals surface area contributed by atoms with E-state index in [2.05, 4.69) is 40.0 Å². The smallest absolute Gasteiger partial charge is 0.191 e. The van der Waals surface area contributed by atoms with Crippen LogP contribution in [0.4, 0.5) is 5.00 Å². The highest BCUT2D eigenvalue weighted by Gasteiger charge is 2.25. The Bertz CT molecular complexity index is 511. The van der Waals surface area contributed by atoms with E-state index in [0.717, 1.165) is 64.2 Å². The van der Waals surface area contributed by atoms with Crippen molar-refractivity contribution in [2.75, 3.05) is 31.1 Å². The summed E-state index contributed by atoms with van der Waals surface area (Å²) >= 11 is 1.82. The molecule has 1 aromatic heterocycles. The van der Waals surface area contributed by atoms with Gasteiger partial charge in [-0.15, -0.1) is 11.3 Å². The number of aliphatic hydroxyl groups is 1. The molecule has 0 spiro atoms. The highest BCUT2D eigenvalue weighted by molar-refractivity contribution is 7.14. The summed E-state index contributed by atoms with van der Waals surface area (Å²) in [5.74, 6) is 1.24. The molecular weight excluding hydrogens is 320 g/mol. The molecule has 2 heterocycles. The molecule has 24 heavy (non-hydrogen) atoms. The molecule has 1 aliphatic carbocycles. The molecule has 2 atom stereocenters. The zero-order valence-corrected chi connectivity index (χ0v) is 15.4. The van der Waals surface area contributed by atoms with Crippen molar-refractivity contribution in [3.8, 4) is 0 Å². The highest BCUT2D eigenvalue weighted by Crippen LogP contribution is 2.26. The fraction of sp³-hybridized carbons (Fsp3) is 0.722. The molecule has 0 bridgehead atoms. The molecule has 1 saturated heterocycles. The Hall–Kier alpha value is -1.27. The molecule has 134 valence electrons. The highest BCUT2D eigenvalue weighted by atomic mass is 32.1. The first kappa shape index (κ1) is 17.5. The van der Waals surface area contributed by atoms with E-state index in [1.54, 1.807) is 0 Å². The zero-order valence-electron chi connectivity index (χ0n) is 14.6. The van der Waals surface area contributed by atoms with Gasteiger partial charge in [0.2, 0.25) is 0 Å². The van der Waals surface area contributed by atoms with Crippen molar-refractivity contribution >= 4 is 22.3 Å². The molecule has 6 heteroatoms. The molecule has 1 aliphatic heterocycles. The van der Waals surface area contributed by atoms with Crippen molar-refractivity contribution in [3.05, 3.63) is 17.5 Å². The standard InChI is InChI=1S/C18H30N4OS/c1-2-19-18(20-13-14-5-3-6-16(14)23)21-15-8-10-22(11-9-15)17-7-4-12-24-17/h4,7,12,14-16,23H,2-3,5-6,8-11,13H2,1H3,(H2,19,20,21). The number of hydrogen-bond donors (Lipinski definition) is 3. The van der Waals surface area contributed by atoms with E-state index in [9.17, 15) is 5.11 Å². The molecule has 2 unspecified atom stereocenters. The molecule has 2 fully saturated rings. The molecule has 5 nitrogen and oxygen atoms in total. The number of guanidine groups is 1. The average Bonchev–Trinajstić information content (AvgIpc) is 3.25. The van der Waals surface area contributed by atoms with Crippen molar-refractivity contribution in [3.63, 3.8) is 0 Å². The molecule has 0 radical (unpaired) electrons. The lowest BCUT2D eigenvalue weighted by Crippen LogP contribution is -2.48. The van der Waals surface area contributed by atoms with Crippen LogP contribution < -0.4 is 15.5 Å². The number of nitrogens with zero attached hydrogens (tertiary/aromatic N) is 2. The second kappa shape index (κ2) is 8.72. The second-order valence-electron chi connectivity index (χ2n) is 6.83. The van der Waals surface area contributed by atoms with E-state index in [1.807, 2.05) is 11.3 Å². The Morgan fingerprint density at radius 2 is 2.17 bits per heavy atom.